The molecule has 1 unspecified atom stereocenters. The van der Waals surface area contributed by atoms with Gasteiger partial charge in [0.15, 0.2) is 0 Å². The summed E-state index contributed by atoms with van der Waals surface area (Å²) in [6, 6.07) is 12.7. The summed E-state index contributed by atoms with van der Waals surface area (Å²) in [6.45, 7) is 1.49. The monoisotopic (exact) mass is 559 g/mol. The highest BCUT2D eigenvalue weighted by molar-refractivity contribution is 6.20. The number of aryl methyl sites for hydroxylation is 1. The third-order valence-electron chi connectivity index (χ3n) is 6.49. The van der Waals surface area contributed by atoms with E-state index in [9.17, 15) is 31.9 Å². The average Bonchev–Trinajstić information content (AvgIpc) is 3.25. The van der Waals surface area contributed by atoms with E-state index in [0.717, 1.165) is 12.3 Å². The van der Waals surface area contributed by atoms with Crippen LogP contribution in [-0.2, 0) is 14.4 Å². The second-order valence-corrected chi connectivity index (χ2v) is 9.26. The van der Waals surface area contributed by atoms with Crippen LogP contribution in [0.15, 0.2) is 64.3 Å². The molecule has 0 radical (unpaired) electrons. The summed E-state index contributed by atoms with van der Waals surface area (Å²) in [6.07, 6.45) is -7.12. The van der Waals surface area contributed by atoms with Crippen molar-refractivity contribution in [3.05, 3.63) is 83.0 Å². The second-order valence-electron chi connectivity index (χ2n) is 9.26. The van der Waals surface area contributed by atoms with Gasteiger partial charge in [-0.2, -0.15) is 13.2 Å². The molecule has 3 atom stereocenters. The molecule has 0 saturated heterocycles. The lowest BCUT2D eigenvalue weighted by atomic mass is 9.81. The summed E-state index contributed by atoms with van der Waals surface area (Å²) >= 11 is 0. The van der Waals surface area contributed by atoms with Crippen LogP contribution in [0.2, 0.25) is 0 Å². The number of anilines is 1. The number of carbonyl (C=O) groups excluding carboxylic acids is 3. The SMILES string of the molecule is Cc1nocc1C(C(N)=O)[C@@H](CCCC(F)(F)F)C(=O)N[C@H]1N=C(c2ccccc2)c2cccc(F)c2NC1=O. The number of carbonyl (C=O) groups is 3. The number of primary amides is 1. The first-order valence-electron chi connectivity index (χ1n) is 12.3. The van der Waals surface area contributed by atoms with Crippen molar-refractivity contribution in [1.82, 2.24) is 10.5 Å². The molecule has 2 aromatic carbocycles. The molecule has 1 aliphatic rings. The molecule has 13 heteroatoms. The smallest absolute Gasteiger partial charge is 0.369 e. The number of nitrogens with zero attached hydrogens (tertiary/aromatic N) is 2. The zero-order valence-electron chi connectivity index (χ0n) is 21.2. The van der Waals surface area contributed by atoms with Crippen molar-refractivity contribution in [1.29, 1.82) is 0 Å². The minimum Gasteiger partial charge on any atom is -0.369 e. The average molecular weight is 560 g/mol. The van der Waals surface area contributed by atoms with Crippen LogP contribution < -0.4 is 16.4 Å². The van der Waals surface area contributed by atoms with Gasteiger partial charge in [0, 0.05) is 23.1 Å². The van der Waals surface area contributed by atoms with E-state index in [1.165, 1.54) is 13.0 Å². The number of rotatable bonds is 9. The number of benzene rings is 2. The third-order valence-corrected chi connectivity index (χ3v) is 6.49. The fourth-order valence-electron chi connectivity index (χ4n) is 4.60. The molecule has 0 fully saturated rings. The molecule has 0 bridgehead atoms. The Morgan fingerprint density at radius 2 is 1.88 bits per heavy atom. The molecule has 4 N–H and O–H groups in total. The van der Waals surface area contributed by atoms with Crippen LogP contribution in [0.1, 0.15) is 47.6 Å². The van der Waals surface area contributed by atoms with Crippen molar-refractivity contribution in [2.75, 3.05) is 5.32 Å². The lowest BCUT2D eigenvalue weighted by Gasteiger charge is -2.25. The second kappa shape index (κ2) is 11.7. The molecule has 9 nitrogen and oxygen atoms in total. The van der Waals surface area contributed by atoms with Gasteiger partial charge in [0.25, 0.3) is 5.91 Å². The van der Waals surface area contributed by atoms with Crippen LogP contribution in [0.5, 0.6) is 0 Å². The predicted octanol–water partition coefficient (Wildman–Crippen LogP) is 3.97. The lowest BCUT2D eigenvalue weighted by molar-refractivity contribution is -0.139. The summed E-state index contributed by atoms with van der Waals surface area (Å²) in [5, 5.41) is 8.53. The normalized spacial score (nSPS) is 16.7. The molecule has 1 aromatic heterocycles. The van der Waals surface area contributed by atoms with Crippen molar-refractivity contribution in [2.45, 2.75) is 44.4 Å². The van der Waals surface area contributed by atoms with Crippen LogP contribution in [0.4, 0.5) is 23.2 Å². The van der Waals surface area contributed by atoms with Crippen molar-refractivity contribution in [2.24, 2.45) is 16.6 Å². The Balaban J connectivity index is 1.72. The zero-order valence-corrected chi connectivity index (χ0v) is 21.2. The van der Waals surface area contributed by atoms with Crippen LogP contribution in [0.25, 0.3) is 0 Å². The number of fused-ring (bicyclic) bond motifs is 1. The Kier molecular flexibility index (Phi) is 8.31. The first kappa shape index (κ1) is 28.5. The van der Waals surface area contributed by atoms with Crippen LogP contribution >= 0.6 is 0 Å². The van der Waals surface area contributed by atoms with E-state index in [2.05, 4.69) is 20.8 Å². The van der Waals surface area contributed by atoms with Gasteiger partial charge in [-0.1, -0.05) is 47.6 Å². The molecule has 1 aliphatic heterocycles. The topological polar surface area (TPSA) is 140 Å². The number of nitrogens with two attached hydrogens (primary N) is 1. The molecule has 210 valence electrons. The third kappa shape index (κ3) is 6.35. The van der Waals surface area contributed by atoms with Gasteiger partial charge < -0.3 is 20.9 Å². The van der Waals surface area contributed by atoms with E-state index < -0.39 is 67.0 Å². The summed E-state index contributed by atoms with van der Waals surface area (Å²) in [5.41, 5.74) is 6.76. The maximum absolute atomic E-state index is 14.7. The van der Waals surface area contributed by atoms with E-state index in [0.29, 0.717) is 5.56 Å². The first-order chi connectivity index (χ1) is 19.0. The van der Waals surface area contributed by atoms with Crippen LogP contribution in [0.3, 0.4) is 0 Å². The van der Waals surface area contributed by atoms with Gasteiger partial charge in [-0.05, 0) is 25.8 Å². The highest BCUT2D eigenvalue weighted by Crippen LogP contribution is 2.33. The number of alkyl halides is 3. The maximum atomic E-state index is 14.7. The van der Waals surface area contributed by atoms with E-state index in [4.69, 9.17) is 10.3 Å². The number of benzodiazepines with no additional fused rings is 1. The van der Waals surface area contributed by atoms with Gasteiger partial charge in [-0.25, -0.2) is 9.38 Å². The minimum atomic E-state index is -4.50. The van der Waals surface area contributed by atoms with Crippen molar-refractivity contribution >= 4 is 29.1 Å². The maximum Gasteiger partial charge on any atom is 0.389 e. The molecular formula is C27H25F4N5O4. The molecule has 3 amide bonds. The summed E-state index contributed by atoms with van der Waals surface area (Å²) in [7, 11) is 0. The quantitative estimate of drug-likeness (QED) is 0.341. The van der Waals surface area contributed by atoms with E-state index in [1.54, 1.807) is 36.4 Å². The molecule has 4 rings (SSSR count). The number of aromatic nitrogens is 1. The summed E-state index contributed by atoms with van der Waals surface area (Å²) < 4.78 is 58.4. The highest BCUT2D eigenvalue weighted by atomic mass is 19.4. The number of halogens is 4. The Morgan fingerprint density at radius 3 is 2.50 bits per heavy atom. The van der Waals surface area contributed by atoms with Gasteiger partial charge in [0.2, 0.25) is 18.0 Å². The fourth-order valence-corrected chi connectivity index (χ4v) is 4.60. The molecule has 2 heterocycles. The van der Waals surface area contributed by atoms with Gasteiger partial charge >= 0.3 is 6.18 Å². The number of nitrogens with one attached hydrogen (secondary N) is 2. The highest BCUT2D eigenvalue weighted by Gasteiger charge is 2.39. The standard InChI is InChI=1S/C27H25F4N5O4/c1-14-18(13-40-36-14)20(23(32)37)16(10-6-12-27(29,30)31)25(38)35-24-26(39)34-22-17(9-5-11-19(22)28)21(33-24)15-7-3-2-4-8-15/h2-5,7-9,11,13,16,20,24H,6,10,12H2,1H3,(H2,32,37)(H,34,39)(H,35,38)/t16-,20?,24-/m1/s1. The Hall–Kier alpha value is -4.55. The van der Waals surface area contributed by atoms with Crippen molar-refractivity contribution < 1.29 is 36.5 Å². The van der Waals surface area contributed by atoms with Gasteiger partial charge in [-0.15, -0.1) is 0 Å². The number of hydrogen-bond donors (Lipinski definition) is 3. The number of para-hydroxylation sites is 1. The Labute approximate surface area is 225 Å². The molecule has 0 aliphatic carbocycles. The van der Waals surface area contributed by atoms with Gasteiger partial charge in [-0.3, -0.25) is 14.4 Å². The molecule has 0 saturated carbocycles. The van der Waals surface area contributed by atoms with E-state index in [1.807, 2.05) is 0 Å². The van der Waals surface area contributed by atoms with Crippen LogP contribution in [0, 0.1) is 18.7 Å². The Morgan fingerprint density at radius 1 is 1.15 bits per heavy atom. The fraction of sp³-hybridized carbons (Fsp3) is 0.296. The van der Waals surface area contributed by atoms with Crippen LogP contribution in [-0.4, -0.2) is 40.9 Å². The molecule has 0 spiro atoms. The summed E-state index contributed by atoms with van der Waals surface area (Å²) in [4.78, 5) is 43.6. The zero-order chi connectivity index (χ0) is 29.0. The molecule has 40 heavy (non-hydrogen) atoms. The first-order valence-corrected chi connectivity index (χ1v) is 12.3. The van der Waals surface area contributed by atoms with Gasteiger partial charge in [0.05, 0.1) is 28.9 Å². The number of aliphatic imine (C=N–C) groups is 1. The van der Waals surface area contributed by atoms with E-state index >= 15 is 0 Å². The molecule has 3 aromatic rings. The molecular weight excluding hydrogens is 534 g/mol. The Bertz CT molecular complexity index is 1440. The lowest BCUT2D eigenvalue weighted by Crippen LogP contribution is -2.47. The number of hydrogen-bond acceptors (Lipinski definition) is 6. The number of amides is 3. The van der Waals surface area contributed by atoms with E-state index in [-0.39, 0.29) is 28.2 Å². The minimum absolute atomic E-state index is 0.132. The predicted molar refractivity (Wildman–Crippen MR) is 136 cm³/mol. The van der Waals surface area contributed by atoms with Gasteiger partial charge in [0.1, 0.15) is 12.1 Å². The largest absolute Gasteiger partial charge is 0.389 e. The van der Waals surface area contributed by atoms with Crippen molar-refractivity contribution in [3.63, 3.8) is 0 Å². The summed E-state index contributed by atoms with van der Waals surface area (Å²) in [5.74, 6) is -6.40. The van der Waals surface area contributed by atoms with Crippen molar-refractivity contribution in [3.8, 4) is 0 Å².